The number of ether oxygens (including phenoxy) is 3. The Balaban J connectivity index is 1.22. The molecule has 5 aromatic carbocycles. The first kappa shape index (κ1) is 68.2. The monoisotopic (exact) mass is 1120 g/mol. The molecule has 0 spiro atoms. The van der Waals surface area contributed by atoms with Crippen molar-refractivity contribution < 1.29 is 19.0 Å². The number of hydrogen-bond acceptors (Lipinski definition) is 4. The number of nitrogens with one attached hydrogen (secondary N) is 1. The standard InChI is InChI=1S/C77H115NO4/c1-3-5-7-9-11-13-15-17-18-19-20-21-22-23-24-25-26-27-29-31-33-35-52-64-75(79)78-73(67-82-77(70-57-45-38-46-58-70,71-59-47-39-48-60-71)72-61-49-40-50-62-72)76(81-66-69-55-43-37-44-56-69)74(80-65-68-53-41-36-42-54-68)63-51-34-32-30-28-16-14-12-10-8-6-4-2/h36-50,53-62,73-74,76H,3-35,51-52,63-67H2,1-2H3,(H,78,79)/t73-,74+,76+/m1/s1. The minimum absolute atomic E-state index is 0.0438. The van der Waals surface area contributed by atoms with Gasteiger partial charge in [0.2, 0.25) is 5.91 Å². The van der Waals surface area contributed by atoms with Crippen molar-refractivity contribution in [2.45, 2.75) is 288 Å². The van der Waals surface area contributed by atoms with Gasteiger partial charge < -0.3 is 19.5 Å². The van der Waals surface area contributed by atoms with E-state index in [4.69, 9.17) is 14.2 Å². The van der Waals surface area contributed by atoms with Crippen molar-refractivity contribution in [1.82, 2.24) is 5.32 Å². The van der Waals surface area contributed by atoms with Gasteiger partial charge in [-0.25, -0.2) is 0 Å². The Morgan fingerprint density at radius 3 is 1.00 bits per heavy atom. The van der Waals surface area contributed by atoms with E-state index in [9.17, 15) is 4.79 Å². The van der Waals surface area contributed by atoms with Gasteiger partial charge in [0, 0.05) is 6.42 Å². The van der Waals surface area contributed by atoms with Crippen LogP contribution in [0.2, 0.25) is 0 Å². The van der Waals surface area contributed by atoms with E-state index in [0.717, 1.165) is 59.9 Å². The predicted octanol–water partition coefficient (Wildman–Crippen LogP) is 22.1. The normalized spacial score (nSPS) is 12.8. The molecule has 0 saturated heterocycles. The molecule has 452 valence electrons. The fourth-order valence-corrected chi connectivity index (χ4v) is 12.1. The summed E-state index contributed by atoms with van der Waals surface area (Å²) in [5, 5.41) is 3.60. The second-order valence-corrected chi connectivity index (χ2v) is 24.1. The van der Waals surface area contributed by atoms with Crippen molar-refractivity contribution in [2.75, 3.05) is 6.61 Å². The van der Waals surface area contributed by atoms with Gasteiger partial charge in [-0.3, -0.25) is 4.79 Å². The van der Waals surface area contributed by atoms with Crippen LogP contribution in [0, 0.1) is 0 Å². The zero-order chi connectivity index (χ0) is 57.5. The van der Waals surface area contributed by atoms with Crippen molar-refractivity contribution >= 4 is 5.91 Å². The summed E-state index contributed by atoms with van der Waals surface area (Å²) in [4.78, 5) is 14.6. The predicted molar refractivity (Wildman–Crippen MR) is 349 cm³/mol. The topological polar surface area (TPSA) is 56.8 Å². The molecule has 0 aliphatic rings. The Bertz CT molecular complexity index is 2110. The summed E-state index contributed by atoms with van der Waals surface area (Å²) in [6, 6.07) is 52.1. The van der Waals surface area contributed by atoms with E-state index in [-0.39, 0.29) is 18.6 Å². The molecule has 5 heteroatoms. The van der Waals surface area contributed by atoms with Gasteiger partial charge in [-0.1, -0.05) is 384 Å². The molecule has 0 aliphatic heterocycles. The Kier molecular flexibility index (Phi) is 38.1. The molecule has 5 nitrogen and oxygen atoms in total. The van der Waals surface area contributed by atoms with Gasteiger partial charge in [0.15, 0.2) is 0 Å². The van der Waals surface area contributed by atoms with Crippen LogP contribution in [0.5, 0.6) is 0 Å². The summed E-state index contributed by atoms with van der Waals surface area (Å²) < 4.78 is 21.9. The van der Waals surface area contributed by atoms with Gasteiger partial charge in [0.05, 0.1) is 32.0 Å². The first-order valence-corrected chi connectivity index (χ1v) is 34.0. The highest BCUT2D eigenvalue weighted by Gasteiger charge is 2.41. The minimum atomic E-state index is -0.974. The molecule has 1 amide bonds. The lowest BCUT2D eigenvalue weighted by Gasteiger charge is -2.40. The average Bonchev–Trinajstić information content (AvgIpc) is 3.60. The molecule has 0 aromatic heterocycles. The van der Waals surface area contributed by atoms with E-state index in [1.54, 1.807) is 0 Å². The van der Waals surface area contributed by atoms with Crippen LogP contribution in [-0.4, -0.2) is 30.8 Å². The third kappa shape index (κ3) is 28.8. The first-order chi connectivity index (χ1) is 40.6. The van der Waals surface area contributed by atoms with E-state index in [1.165, 1.54) is 199 Å². The molecule has 0 heterocycles. The van der Waals surface area contributed by atoms with Gasteiger partial charge in [0.25, 0.3) is 0 Å². The van der Waals surface area contributed by atoms with Gasteiger partial charge in [-0.15, -0.1) is 0 Å². The molecule has 0 radical (unpaired) electrons. The molecule has 82 heavy (non-hydrogen) atoms. The van der Waals surface area contributed by atoms with Gasteiger partial charge >= 0.3 is 0 Å². The van der Waals surface area contributed by atoms with Crippen LogP contribution < -0.4 is 5.32 Å². The molecule has 0 aliphatic carbocycles. The second-order valence-electron chi connectivity index (χ2n) is 24.1. The molecular weight excluding hydrogens is 1000 g/mol. The van der Waals surface area contributed by atoms with Crippen LogP contribution in [0.3, 0.4) is 0 Å². The summed E-state index contributed by atoms with van der Waals surface area (Å²) >= 11 is 0. The Labute approximate surface area is 502 Å². The number of carbonyl (C=O) groups is 1. The van der Waals surface area contributed by atoms with E-state index in [0.29, 0.717) is 19.6 Å². The molecule has 0 fully saturated rings. The van der Waals surface area contributed by atoms with Crippen molar-refractivity contribution in [3.8, 4) is 0 Å². The first-order valence-electron chi connectivity index (χ1n) is 34.0. The van der Waals surface area contributed by atoms with Crippen molar-refractivity contribution in [1.29, 1.82) is 0 Å². The Morgan fingerprint density at radius 2 is 0.659 bits per heavy atom. The lowest BCUT2D eigenvalue weighted by molar-refractivity contribution is -0.135. The number of rotatable bonds is 52. The molecule has 3 atom stereocenters. The van der Waals surface area contributed by atoms with Crippen molar-refractivity contribution in [3.63, 3.8) is 0 Å². The fraction of sp³-hybridized carbons (Fsp3) is 0.597. The highest BCUT2D eigenvalue weighted by molar-refractivity contribution is 5.76. The summed E-state index contributed by atoms with van der Waals surface area (Å²) in [6.45, 7) is 5.64. The molecule has 0 saturated carbocycles. The largest absolute Gasteiger partial charge is 0.371 e. The molecule has 0 unspecified atom stereocenters. The highest BCUT2D eigenvalue weighted by Crippen LogP contribution is 2.41. The summed E-state index contributed by atoms with van der Waals surface area (Å²) in [5.74, 6) is 0.0438. The fourth-order valence-electron chi connectivity index (χ4n) is 12.1. The molecule has 5 aromatic rings. The summed E-state index contributed by atoms with van der Waals surface area (Å²) in [5.41, 5.74) is 4.31. The quantitative estimate of drug-likeness (QED) is 0.0311. The number of unbranched alkanes of at least 4 members (excludes halogenated alkanes) is 33. The maximum atomic E-state index is 14.6. The van der Waals surface area contributed by atoms with E-state index in [1.807, 2.05) is 0 Å². The van der Waals surface area contributed by atoms with Crippen molar-refractivity contribution in [2.24, 2.45) is 0 Å². The number of hydrogen-bond donors (Lipinski definition) is 1. The zero-order valence-corrected chi connectivity index (χ0v) is 52.1. The number of carbonyl (C=O) groups excluding carboxylic acids is 1. The maximum absolute atomic E-state index is 14.6. The van der Waals surface area contributed by atoms with E-state index >= 15 is 0 Å². The van der Waals surface area contributed by atoms with E-state index in [2.05, 4.69) is 171 Å². The molecule has 5 rings (SSSR count). The SMILES string of the molecule is CCCCCCCCCCCCCCCCCCCCCCCCCC(=O)N[C@H](COC(c1ccccc1)(c1ccccc1)c1ccccc1)[C@H](OCc1ccccc1)[C@H](CCCCCCCCCCCCCC)OCc1ccccc1. The van der Waals surface area contributed by atoms with Crippen LogP contribution in [0.1, 0.15) is 279 Å². The summed E-state index contributed by atoms with van der Waals surface area (Å²) in [7, 11) is 0. The average molecular weight is 1120 g/mol. The summed E-state index contributed by atoms with van der Waals surface area (Å²) in [6.07, 6.45) is 47.0. The van der Waals surface area contributed by atoms with Crippen LogP contribution in [0.4, 0.5) is 0 Å². The van der Waals surface area contributed by atoms with Gasteiger partial charge in [-0.2, -0.15) is 0 Å². The number of benzene rings is 5. The highest BCUT2D eigenvalue weighted by atomic mass is 16.5. The minimum Gasteiger partial charge on any atom is -0.371 e. The van der Waals surface area contributed by atoms with Gasteiger partial charge in [-0.05, 0) is 40.7 Å². The Morgan fingerprint density at radius 1 is 0.366 bits per heavy atom. The Hall–Kier alpha value is -4.55. The van der Waals surface area contributed by atoms with Gasteiger partial charge in [0.1, 0.15) is 11.7 Å². The van der Waals surface area contributed by atoms with Crippen LogP contribution in [-0.2, 0) is 37.8 Å². The molecule has 1 N–H and O–H groups in total. The molecule has 0 bridgehead atoms. The second kappa shape index (κ2) is 45.8. The molecular formula is C77H115NO4. The van der Waals surface area contributed by atoms with Crippen LogP contribution >= 0.6 is 0 Å². The maximum Gasteiger partial charge on any atom is 0.220 e. The lowest BCUT2D eigenvalue weighted by atomic mass is 9.80. The van der Waals surface area contributed by atoms with Crippen LogP contribution in [0.25, 0.3) is 0 Å². The van der Waals surface area contributed by atoms with E-state index < -0.39 is 17.7 Å². The lowest BCUT2D eigenvalue weighted by Crippen LogP contribution is -2.54. The zero-order valence-electron chi connectivity index (χ0n) is 52.1. The third-order valence-corrected chi connectivity index (χ3v) is 17.1. The smallest absolute Gasteiger partial charge is 0.220 e. The van der Waals surface area contributed by atoms with Crippen molar-refractivity contribution in [3.05, 3.63) is 179 Å². The third-order valence-electron chi connectivity index (χ3n) is 17.1. The number of amides is 1. The van der Waals surface area contributed by atoms with Crippen LogP contribution in [0.15, 0.2) is 152 Å².